The van der Waals surface area contributed by atoms with E-state index >= 15 is 0 Å². The minimum absolute atomic E-state index is 0.0648. The highest BCUT2D eigenvalue weighted by molar-refractivity contribution is 6.74. The Morgan fingerprint density at radius 2 is 1.57 bits per heavy atom. The molecule has 5 nitrogen and oxygen atoms in total. The normalized spacial score (nSPS) is 14.0. The fourth-order valence-electron chi connectivity index (χ4n) is 2.30. The molecule has 0 aromatic heterocycles. The molecule has 1 aliphatic carbocycles. The average molecular weight is 409 g/mol. The Morgan fingerprint density at radius 3 is 2.00 bits per heavy atom. The van der Waals surface area contributed by atoms with Gasteiger partial charge in [0, 0.05) is 6.42 Å². The number of esters is 2. The molecule has 0 bridgehead atoms. The van der Waals surface area contributed by atoms with Crippen molar-refractivity contribution in [3.05, 3.63) is 11.6 Å². The number of rotatable bonds is 9. The summed E-state index contributed by atoms with van der Waals surface area (Å²) in [6.45, 7) is 15.0. The third-order valence-electron chi connectivity index (χ3n) is 5.44. The lowest BCUT2D eigenvalue weighted by molar-refractivity contribution is -0.171. The van der Waals surface area contributed by atoms with E-state index in [0.29, 0.717) is 6.61 Å². The molecule has 0 aromatic rings. The summed E-state index contributed by atoms with van der Waals surface area (Å²) in [6, 6.07) is 0. The van der Waals surface area contributed by atoms with E-state index in [9.17, 15) is 9.59 Å². The lowest BCUT2D eigenvalue weighted by Crippen LogP contribution is -2.42. The van der Waals surface area contributed by atoms with Crippen LogP contribution >= 0.6 is 0 Å². The molecule has 0 unspecified atom stereocenters. The SMILES string of the molecule is CCOC(=O)C(CC#CCO[Si](C)(C)C(C)(C)C)(CC=C1CC1)C(=O)OCC. The minimum atomic E-state index is -1.89. The van der Waals surface area contributed by atoms with E-state index in [1.165, 1.54) is 5.57 Å². The fourth-order valence-corrected chi connectivity index (χ4v) is 3.16. The van der Waals surface area contributed by atoms with Crippen LogP contribution in [0.2, 0.25) is 18.1 Å². The van der Waals surface area contributed by atoms with Gasteiger partial charge in [-0.05, 0) is 51.2 Å². The van der Waals surface area contributed by atoms with Crippen LogP contribution in [0.3, 0.4) is 0 Å². The Hall–Kier alpha value is -1.58. The van der Waals surface area contributed by atoms with E-state index in [-0.39, 0.29) is 31.1 Å². The van der Waals surface area contributed by atoms with Crippen molar-refractivity contribution in [2.45, 2.75) is 78.4 Å². The van der Waals surface area contributed by atoms with Crippen molar-refractivity contribution in [3.63, 3.8) is 0 Å². The molecule has 1 fully saturated rings. The van der Waals surface area contributed by atoms with Crippen molar-refractivity contribution in [2.75, 3.05) is 19.8 Å². The molecule has 1 aliphatic rings. The molecule has 0 N–H and O–H groups in total. The number of hydrogen-bond donors (Lipinski definition) is 0. The minimum Gasteiger partial charge on any atom is -0.465 e. The quantitative estimate of drug-likeness (QED) is 0.183. The number of carbonyl (C=O) groups is 2. The lowest BCUT2D eigenvalue weighted by Gasteiger charge is -2.35. The summed E-state index contributed by atoms with van der Waals surface area (Å²) in [5.74, 6) is 4.85. The van der Waals surface area contributed by atoms with Gasteiger partial charge in [-0.2, -0.15) is 0 Å². The summed E-state index contributed by atoms with van der Waals surface area (Å²) in [4.78, 5) is 25.4. The third-order valence-corrected chi connectivity index (χ3v) is 9.92. The van der Waals surface area contributed by atoms with Crippen LogP contribution in [0.15, 0.2) is 11.6 Å². The highest BCUT2D eigenvalue weighted by atomic mass is 28.4. The van der Waals surface area contributed by atoms with Crippen LogP contribution in [0.25, 0.3) is 0 Å². The van der Waals surface area contributed by atoms with E-state index in [2.05, 4.69) is 45.7 Å². The largest absolute Gasteiger partial charge is 0.465 e. The van der Waals surface area contributed by atoms with Crippen LogP contribution < -0.4 is 0 Å². The zero-order chi connectivity index (χ0) is 21.4. The van der Waals surface area contributed by atoms with Gasteiger partial charge >= 0.3 is 11.9 Å². The van der Waals surface area contributed by atoms with Crippen molar-refractivity contribution in [1.82, 2.24) is 0 Å². The Balaban J connectivity index is 2.97. The molecule has 28 heavy (non-hydrogen) atoms. The topological polar surface area (TPSA) is 61.8 Å². The molecule has 0 saturated heterocycles. The van der Waals surface area contributed by atoms with Gasteiger partial charge in [0.25, 0.3) is 0 Å². The van der Waals surface area contributed by atoms with Crippen LogP contribution in [0.4, 0.5) is 0 Å². The first-order valence-electron chi connectivity index (χ1n) is 10.1. The van der Waals surface area contributed by atoms with Crippen molar-refractivity contribution in [3.8, 4) is 11.8 Å². The van der Waals surface area contributed by atoms with Gasteiger partial charge in [0.05, 0.1) is 19.8 Å². The number of carbonyl (C=O) groups excluding carboxylic acids is 2. The molecular formula is C22H36O5Si. The molecule has 158 valence electrons. The van der Waals surface area contributed by atoms with Crippen LogP contribution in [0, 0.1) is 17.3 Å². The fraction of sp³-hybridized carbons (Fsp3) is 0.727. The van der Waals surface area contributed by atoms with Gasteiger partial charge in [-0.25, -0.2) is 0 Å². The smallest absolute Gasteiger partial charge is 0.324 e. The number of hydrogen-bond acceptors (Lipinski definition) is 5. The van der Waals surface area contributed by atoms with Gasteiger partial charge in [0.1, 0.15) is 0 Å². The summed E-state index contributed by atoms with van der Waals surface area (Å²) in [5, 5.41) is 0.102. The molecule has 0 spiro atoms. The van der Waals surface area contributed by atoms with Crippen LogP contribution in [0.5, 0.6) is 0 Å². The van der Waals surface area contributed by atoms with Crippen molar-refractivity contribution >= 4 is 20.3 Å². The maximum atomic E-state index is 12.7. The van der Waals surface area contributed by atoms with Crippen molar-refractivity contribution in [2.24, 2.45) is 5.41 Å². The molecule has 0 amide bonds. The summed E-state index contributed by atoms with van der Waals surface area (Å²) in [5.41, 5.74) is -0.154. The second kappa shape index (κ2) is 10.3. The predicted molar refractivity (Wildman–Crippen MR) is 113 cm³/mol. The van der Waals surface area contributed by atoms with Crippen LogP contribution in [-0.4, -0.2) is 40.1 Å². The van der Waals surface area contributed by atoms with Crippen LogP contribution in [-0.2, 0) is 23.5 Å². The molecule has 1 saturated carbocycles. The molecule has 0 aromatic carbocycles. The van der Waals surface area contributed by atoms with Gasteiger partial charge < -0.3 is 13.9 Å². The van der Waals surface area contributed by atoms with E-state index in [4.69, 9.17) is 13.9 Å². The monoisotopic (exact) mass is 408 g/mol. The summed E-state index contributed by atoms with van der Waals surface area (Å²) >= 11 is 0. The summed E-state index contributed by atoms with van der Waals surface area (Å²) in [6.07, 6.45) is 4.33. The summed E-state index contributed by atoms with van der Waals surface area (Å²) < 4.78 is 16.5. The van der Waals surface area contributed by atoms with E-state index in [0.717, 1.165) is 12.8 Å². The van der Waals surface area contributed by atoms with Gasteiger partial charge in [-0.1, -0.05) is 44.3 Å². The second-order valence-electron chi connectivity index (χ2n) is 8.67. The predicted octanol–water partition coefficient (Wildman–Crippen LogP) is 4.62. The average Bonchev–Trinajstić information content (AvgIpc) is 3.41. The first kappa shape index (κ1) is 24.5. The molecule has 0 aliphatic heterocycles. The summed E-state index contributed by atoms with van der Waals surface area (Å²) in [7, 11) is -1.89. The lowest BCUT2D eigenvalue weighted by atomic mass is 9.81. The highest BCUT2D eigenvalue weighted by Crippen LogP contribution is 2.37. The molecule has 0 radical (unpaired) electrons. The molecule has 1 rings (SSSR count). The third kappa shape index (κ3) is 6.79. The van der Waals surface area contributed by atoms with Crippen molar-refractivity contribution in [1.29, 1.82) is 0 Å². The van der Waals surface area contributed by atoms with E-state index in [1.54, 1.807) is 13.8 Å². The van der Waals surface area contributed by atoms with Gasteiger partial charge in [0.2, 0.25) is 0 Å². The Kier molecular flexibility index (Phi) is 8.97. The van der Waals surface area contributed by atoms with Gasteiger partial charge in [-0.3, -0.25) is 9.59 Å². The Morgan fingerprint density at radius 1 is 1.04 bits per heavy atom. The Bertz CT molecular complexity index is 622. The number of allylic oxidation sites excluding steroid dienone is 2. The standard InChI is InChI=1S/C22H36O5Si/c1-8-25-19(23)22(20(24)26-9-2,16-14-18-12-13-18)15-10-11-17-27-28(6,7)21(3,4)5/h14H,8-9,12-13,15-17H2,1-7H3. The van der Waals surface area contributed by atoms with Gasteiger partial charge in [0.15, 0.2) is 13.7 Å². The first-order chi connectivity index (χ1) is 13.0. The van der Waals surface area contributed by atoms with E-state index in [1.807, 2.05) is 6.08 Å². The van der Waals surface area contributed by atoms with Crippen LogP contribution in [0.1, 0.15) is 60.3 Å². The Labute approximate surface area is 171 Å². The zero-order valence-electron chi connectivity index (χ0n) is 18.6. The second-order valence-corrected chi connectivity index (χ2v) is 13.5. The number of ether oxygens (including phenoxy) is 2. The van der Waals surface area contributed by atoms with E-state index < -0.39 is 25.7 Å². The highest BCUT2D eigenvalue weighted by Gasteiger charge is 2.48. The molecule has 6 heteroatoms. The zero-order valence-corrected chi connectivity index (χ0v) is 19.6. The first-order valence-corrected chi connectivity index (χ1v) is 13.0. The van der Waals surface area contributed by atoms with Crippen molar-refractivity contribution < 1.29 is 23.5 Å². The molecule has 0 atom stereocenters. The molecular weight excluding hydrogens is 372 g/mol. The molecule has 0 heterocycles. The maximum absolute atomic E-state index is 12.7. The maximum Gasteiger partial charge on any atom is 0.324 e. The van der Waals surface area contributed by atoms with Gasteiger partial charge in [-0.15, -0.1) is 0 Å².